The molecule has 20 heavy (non-hydrogen) atoms. The van der Waals surface area contributed by atoms with E-state index in [4.69, 9.17) is 15.7 Å². The van der Waals surface area contributed by atoms with Gasteiger partial charge in [-0.05, 0) is 36.4 Å². The van der Waals surface area contributed by atoms with Crippen LogP contribution < -0.4 is 0 Å². The van der Waals surface area contributed by atoms with E-state index in [0.29, 0.717) is 17.3 Å². The molecular formula is C14H19B2N3O. The molecule has 4 radical (unpaired) electrons. The van der Waals surface area contributed by atoms with E-state index in [-0.39, 0.29) is 5.91 Å². The average molecular weight is 267 g/mol. The van der Waals surface area contributed by atoms with E-state index >= 15 is 0 Å². The highest BCUT2D eigenvalue weighted by atomic mass is 16.2. The summed E-state index contributed by atoms with van der Waals surface area (Å²) in [6.07, 6.45) is 1.08. The van der Waals surface area contributed by atoms with E-state index in [2.05, 4.69) is 11.9 Å². The van der Waals surface area contributed by atoms with Gasteiger partial charge < -0.3 is 9.80 Å². The quantitative estimate of drug-likeness (QED) is 0.751. The van der Waals surface area contributed by atoms with Crippen molar-refractivity contribution >= 4 is 21.6 Å². The van der Waals surface area contributed by atoms with Crippen molar-refractivity contribution in [3.05, 3.63) is 29.6 Å². The zero-order valence-corrected chi connectivity index (χ0v) is 12.3. The van der Waals surface area contributed by atoms with Gasteiger partial charge in [0.05, 0.1) is 15.7 Å². The van der Waals surface area contributed by atoms with Crippen molar-refractivity contribution in [1.29, 1.82) is 0 Å². The maximum atomic E-state index is 12.0. The molecule has 0 bridgehead atoms. The highest BCUT2D eigenvalue weighted by molar-refractivity contribution is 6.39. The van der Waals surface area contributed by atoms with Crippen LogP contribution in [0.25, 0.3) is 0 Å². The molecule has 102 valence electrons. The maximum absolute atomic E-state index is 12.0. The molecule has 2 heterocycles. The Kier molecular flexibility index (Phi) is 4.23. The SMILES string of the molecule is [B]C([B])(c1cccc(C(=O)N(C)C)n1)N1CCC(C)C1. The van der Waals surface area contributed by atoms with Crippen LogP contribution in [-0.4, -0.2) is 63.6 Å². The Morgan fingerprint density at radius 1 is 1.45 bits per heavy atom. The molecule has 1 aromatic rings. The van der Waals surface area contributed by atoms with Crippen molar-refractivity contribution in [2.45, 2.75) is 18.7 Å². The first-order valence-corrected chi connectivity index (χ1v) is 6.84. The molecular weight excluding hydrogens is 248 g/mol. The number of carbonyl (C=O) groups excluding carboxylic acids is 1. The van der Waals surface area contributed by atoms with Crippen LogP contribution >= 0.6 is 0 Å². The lowest BCUT2D eigenvalue weighted by molar-refractivity contribution is 0.0821. The van der Waals surface area contributed by atoms with E-state index in [1.165, 1.54) is 4.90 Å². The van der Waals surface area contributed by atoms with Crippen LogP contribution in [-0.2, 0) is 5.34 Å². The van der Waals surface area contributed by atoms with Gasteiger partial charge in [0.1, 0.15) is 5.69 Å². The van der Waals surface area contributed by atoms with Gasteiger partial charge in [-0.2, -0.15) is 0 Å². The number of pyridine rings is 1. The summed E-state index contributed by atoms with van der Waals surface area (Å²) in [5, 5.41) is -1.13. The fourth-order valence-electron chi connectivity index (χ4n) is 2.44. The van der Waals surface area contributed by atoms with Crippen LogP contribution in [0.15, 0.2) is 18.2 Å². The van der Waals surface area contributed by atoms with Crippen molar-refractivity contribution in [2.24, 2.45) is 5.92 Å². The summed E-state index contributed by atoms with van der Waals surface area (Å²) >= 11 is 0. The Balaban J connectivity index is 2.28. The minimum Gasteiger partial charge on any atom is -0.343 e. The molecule has 1 aromatic heterocycles. The fraction of sp³-hybridized carbons (Fsp3) is 0.571. The number of carbonyl (C=O) groups is 1. The minimum atomic E-state index is -1.13. The molecule has 0 aromatic carbocycles. The number of rotatable bonds is 3. The summed E-state index contributed by atoms with van der Waals surface area (Å²) in [7, 11) is 15.9. The van der Waals surface area contributed by atoms with Crippen LogP contribution in [0.5, 0.6) is 0 Å². The lowest BCUT2D eigenvalue weighted by atomic mass is 9.58. The van der Waals surface area contributed by atoms with Gasteiger partial charge in [-0.15, -0.1) is 0 Å². The monoisotopic (exact) mass is 267 g/mol. The molecule has 1 fully saturated rings. The molecule has 6 heteroatoms. The Labute approximate surface area is 123 Å². The van der Waals surface area contributed by atoms with Crippen molar-refractivity contribution in [3.63, 3.8) is 0 Å². The van der Waals surface area contributed by atoms with E-state index in [1.807, 2.05) is 4.90 Å². The summed E-state index contributed by atoms with van der Waals surface area (Å²) in [4.78, 5) is 19.8. The second-order valence-corrected chi connectivity index (χ2v) is 5.77. The molecule has 1 atom stereocenters. The standard InChI is InChI=1S/C14H19B2N3O/c1-10-7-8-19(9-10)14(15,16)12-6-4-5-11(17-12)13(20)18(2)3/h4-6,10H,7-9H2,1-3H3. The maximum Gasteiger partial charge on any atom is 0.271 e. The van der Waals surface area contributed by atoms with Crippen LogP contribution in [0, 0.1) is 5.92 Å². The van der Waals surface area contributed by atoms with Gasteiger partial charge in [0.25, 0.3) is 5.91 Å². The Bertz CT molecular complexity index is 505. The number of nitrogens with zero attached hydrogens (tertiary/aromatic N) is 3. The van der Waals surface area contributed by atoms with Gasteiger partial charge in [0, 0.05) is 26.3 Å². The summed E-state index contributed by atoms with van der Waals surface area (Å²) in [5.74, 6) is 0.422. The fourth-order valence-corrected chi connectivity index (χ4v) is 2.44. The van der Waals surface area contributed by atoms with Gasteiger partial charge in [-0.3, -0.25) is 4.79 Å². The predicted molar refractivity (Wildman–Crippen MR) is 80.8 cm³/mol. The smallest absolute Gasteiger partial charge is 0.271 e. The first-order valence-electron chi connectivity index (χ1n) is 6.84. The van der Waals surface area contributed by atoms with Gasteiger partial charge in [0.2, 0.25) is 0 Å². The topological polar surface area (TPSA) is 36.4 Å². The Morgan fingerprint density at radius 2 is 2.15 bits per heavy atom. The third-order valence-electron chi connectivity index (χ3n) is 3.73. The Morgan fingerprint density at radius 3 is 2.70 bits per heavy atom. The number of hydrogen-bond donors (Lipinski definition) is 0. The number of aromatic nitrogens is 1. The average Bonchev–Trinajstić information content (AvgIpc) is 2.85. The van der Waals surface area contributed by atoms with E-state index in [9.17, 15) is 4.79 Å². The summed E-state index contributed by atoms with van der Waals surface area (Å²) in [5.41, 5.74) is 0.888. The van der Waals surface area contributed by atoms with Crippen LogP contribution in [0.2, 0.25) is 0 Å². The van der Waals surface area contributed by atoms with Gasteiger partial charge in [-0.25, -0.2) is 4.98 Å². The highest BCUT2D eigenvalue weighted by Crippen LogP contribution is 2.27. The molecule has 0 N–H and O–H groups in total. The van der Waals surface area contributed by atoms with Gasteiger partial charge in [-0.1, -0.05) is 13.0 Å². The molecule has 4 nitrogen and oxygen atoms in total. The third kappa shape index (κ3) is 2.90. The molecule has 0 spiro atoms. The molecule has 1 unspecified atom stereocenters. The molecule has 0 saturated carbocycles. The minimum absolute atomic E-state index is 0.155. The zero-order chi connectivity index (χ0) is 14.9. The molecule has 1 aliphatic rings. The molecule has 2 rings (SSSR count). The summed E-state index contributed by atoms with van der Waals surface area (Å²) in [6, 6.07) is 5.22. The van der Waals surface area contributed by atoms with Crippen molar-refractivity contribution in [3.8, 4) is 0 Å². The van der Waals surface area contributed by atoms with E-state index in [0.717, 1.165) is 19.5 Å². The van der Waals surface area contributed by atoms with Gasteiger partial charge in [0.15, 0.2) is 0 Å². The Hall–Kier alpha value is -1.29. The second-order valence-electron chi connectivity index (χ2n) is 5.77. The first-order chi connectivity index (χ1) is 9.32. The number of likely N-dealkylation sites (tertiary alicyclic amines) is 1. The van der Waals surface area contributed by atoms with Gasteiger partial charge >= 0.3 is 0 Å². The number of hydrogen-bond acceptors (Lipinski definition) is 3. The van der Waals surface area contributed by atoms with Crippen LogP contribution in [0.3, 0.4) is 0 Å². The molecule has 1 saturated heterocycles. The summed E-state index contributed by atoms with van der Waals surface area (Å²) < 4.78 is 0. The molecule has 0 aliphatic carbocycles. The first kappa shape index (κ1) is 15.1. The van der Waals surface area contributed by atoms with Crippen molar-refractivity contribution in [1.82, 2.24) is 14.8 Å². The molecule has 1 aliphatic heterocycles. The highest BCUT2D eigenvalue weighted by Gasteiger charge is 2.33. The van der Waals surface area contributed by atoms with E-state index < -0.39 is 5.34 Å². The van der Waals surface area contributed by atoms with Crippen LogP contribution in [0.1, 0.15) is 29.5 Å². The molecule has 1 amide bonds. The largest absolute Gasteiger partial charge is 0.343 e. The van der Waals surface area contributed by atoms with Crippen molar-refractivity contribution in [2.75, 3.05) is 27.2 Å². The zero-order valence-electron chi connectivity index (χ0n) is 12.3. The van der Waals surface area contributed by atoms with E-state index in [1.54, 1.807) is 32.3 Å². The summed E-state index contributed by atoms with van der Waals surface area (Å²) in [6.45, 7) is 3.87. The lowest BCUT2D eigenvalue weighted by Gasteiger charge is -2.36. The second kappa shape index (κ2) is 5.60. The van der Waals surface area contributed by atoms with Crippen LogP contribution in [0.4, 0.5) is 0 Å². The normalized spacial score (nSPS) is 20.1. The van der Waals surface area contributed by atoms with Crippen molar-refractivity contribution < 1.29 is 4.79 Å². The predicted octanol–water partition coefficient (Wildman–Crippen LogP) is 0.573. The lowest BCUT2D eigenvalue weighted by Crippen LogP contribution is -2.47. The third-order valence-corrected chi connectivity index (χ3v) is 3.73. The number of amides is 1.